The molecule has 0 saturated carbocycles. The van der Waals surface area contributed by atoms with Crippen LogP contribution in [-0.2, 0) is 22.2 Å². The van der Waals surface area contributed by atoms with Gasteiger partial charge < -0.3 is 10.2 Å². The zero-order chi connectivity index (χ0) is 18.4. The fourth-order valence-corrected chi connectivity index (χ4v) is 3.11. The fraction of sp³-hybridized carbons (Fsp3) is 0.556. The number of benzene rings is 1. The standard InChI is InChI=1S/C18H23F3N2O2/c1-13(24)22-11-17(25)23-9-3-5-15(12-23)8-7-14-4-2-6-16(10-14)18(19,20)21/h2,4,6,10,15H,3,5,7-9,11-12H2,1H3,(H,22,24). The molecule has 0 aliphatic carbocycles. The van der Waals surface area contributed by atoms with Gasteiger partial charge >= 0.3 is 6.18 Å². The Balaban J connectivity index is 1.86. The number of nitrogens with one attached hydrogen (secondary N) is 1. The van der Waals surface area contributed by atoms with Crippen LogP contribution in [0, 0.1) is 5.92 Å². The van der Waals surface area contributed by atoms with E-state index >= 15 is 0 Å². The van der Waals surface area contributed by atoms with Crippen LogP contribution in [0.4, 0.5) is 13.2 Å². The van der Waals surface area contributed by atoms with E-state index in [9.17, 15) is 22.8 Å². The van der Waals surface area contributed by atoms with E-state index in [2.05, 4.69) is 5.32 Å². The van der Waals surface area contributed by atoms with Crippen molar-refractivity contribution in [3.63, 3.8) is 0 Å². The van der Waals surface area contributed by atoms with Crippen molar-refractivity contribution in [1.82, 2.24) is 10.2 Å². The van der Waals surface area contributed by atoms with E-state index in [1.807, 2.05) is 0 Å². The summed E-state index contributed by atoms with van der Waals surface area (Å²) in [6, 6.07) is 5.41. The molecule has 1 saturated heterocycles. The lowest BCUT2D eigenvalue weighted by molar-refractivity contribution is -0.137. The molecule has 25 heavy (non-hydrogen) atoms. The summed E-state index contributed by atoms with van der Waals surface area (Å²) in [4.78, 5) is 24.7. The molecule has 138 valence electrons. The molecule has 2 rings (SSSR count). The Labute approximate surface area is 145 Å². The van der Waals surface area contributed by atoms with E-state index in [0.29, 0.717) is 25.1 Å². The number of alkyl halides is 3. The summed E-state index contributed by atoms with van der Waals surface area (Å²) in [5.41, 5.74) is 0.0391. The number of hydrogen-bond acceptors (Lipinski definition) is 2. The molecule has 1 aromatic carbocycles. The monoisotopic (exact) mass is 356 g/mol. The van der Waals surface area contributed by atoms with Crippen molar-refractivity contribution in [2.24, 2.45) is 5.92 Å². The number of aryl methyl sites for hydroxylation is 1. The van der Waals surface area contributed by atoms with Gasteiger partial charge in [0.15, 0.2) is 0 Å². The number of hydrogen-bond donors (Lipinski definition) is 1. The topological polar surface area (TPSA) is 49.4 Å². The number of carbonyl (C=O) groups excluding carboxylic acids is 2. The van der Waals surface area contributed by atoms with Gasteiger partial charge in [0.05, 0.1) is 12.1 Å². The van der Waals surface area contributed by atoms with Gasteiger partial charge in [-0.05, 0) is 43.2 Å². The van der Waals surface area contributed by atoms with Crippen molar-refractivity contribution in [3.05, 3.63) is 35.4 Å². The third kappa shape index (κ3) is 6.07. The second kappa shape index (κ2) is 8.36. The van der Waals surface area contributed by atoms with E-state index in [1.54, 1.807) is 11.0 Å². The number of piperidine rings is 1. The maximum absolute atomic E-state index is 12.8. The van der Waals surface area contributed by atoms with Crippen LogP contribution >= 0.6 is 0 Å². The normalized spacial score (nSPS) is 18.1. The highest BCUT2D eigenvalue weighted by molar-refractivity contribution is 5.83. The fourth-order valence-electron chi connectivity index (χ4n) is 3.11. The molecule has 2 amide bonds. The first-order valence-electron chi connectivity index (χ1n) is 8.44. The summed E-state index contributed by atoms with van der Waals surface area (Å²) in [5, 5.41) is 2.50. The Morgan fingerprint density at radius 2 is 2.08 bits per heavy atom. The lowest BCUT2D eigenvalue weighted by Gasteiger charge is -2.33. The molecular weight excluding hydrogens is 333 g/mol. The molecule has 1 fully saturated rings. The van der Waals surface area contributed by atoms with Gasteiger partial charge in [0.25, 0.3) is 0 Å². The van der Waals surface area contributed by atoms with Crippen LogP contribution in [0.5, 0.6) is 0 Å². The van der Waals surface area contributed by atoms with Gasteiger partial charge in [0.2, 0.25) is 11.8 Å². The molecule has 1 unspecified atom stereocenters. The van der Waals surface area contributed by atoms with Crippen molar-refractivity contribution in [2.45, 2.75) is 38.8 Å². The highest BCUT2D eigenvalue weighted by Crippen LogP contribution is 2.30. The average Bonchev–Trinajstić information content (AvgIpc) is 2.57. The third-order valence-electron chi connectivity index (χ3n) is 4.46. The summed E-state index contributed by atoms with van der Waals surface area (Å²) in [6.45, 7) is 2.62. The minimum Gasteiger partial charge on any atom is -0.347 e. The van der Waals surface area contributed by atoms with Gasteiger partial charge in [-0.25, -0.2) is 0 Å². The lowest BCUT2D eigenvalue weighted by Crippen LogP contribution is -2.44. The molecule has 0 radical (unpaired) electrons. The number of nitrogens with zero attached hydrogens (tertiary/aromatic N) is 1. The van der Waals surface area contributed by atoms with Crippen LogP contribution in [0.1, 0.15) is 37.3 Å². The Bertz CT molecular complexity index is 617. The molecule has 1 N–H and O–H groups in total. The highest BCUT2D eigenvalue weighted by atomic mass is 19.4. The molecule has 1 aliphatic rings. The molecule has 0 spiro atoms. The third-order valence-corrected chi connectivity index (χ3v) is 4.46. The first-order chi connectivity index (χ1) is 11.8. The number of halogens is 3. The summed E-state index contributed by atoms with van der Waals surface area (Å²) < 4.78 is 38.3. The number of likely N-dealkylation sites (tertiary alicyclic amines) is 1. The van der Waals surface area contributed by atoms with Gasteiger partial charge in [-0.3, -0.25) is 9.59 Å². The molecular formula is C18H23F3N2O2. The van der Waals surface area contributed by atoms with Gasteiger partial charge in [-0.1, -0.05) is 18.2 Å². The molecule has 0 bridgehead atoms. The second-order valence-electron chi connectivity index (χ2n) is 6.49. The lowest BCUT2D eigenvalue weighted by atomic mass is 9.91. The van der Waals surface area contributed by atoms with Crippen molar-refractivity contribution in [2.75, 3.05) is 19.6 Å². The van der Waals surface area contributed by atoms with E-state index in [4.69, 9.17) is 0 Å². The van der Waals surface area contributed by atoms with Gasteiger partial charge in [-0.2, -0.15) is 13.2 Å². The van der Waals surface area contributed by atoms with E-state index in [0.717, 1.165) is 25.3 Å². The zero-order valence-electron chi connectivity index (χ0n) is 14.2. The summed E-state index contributed by atoms with van der Waals surface area (Å²) >= 11 is 0. The van der Waals surface area contributed by atoms with Crippen LogP contribution in [0.3, 0.4) is 0 Å². The maximum Gasteiger partial charge on any atom is 0.416 e. The van der Waals surface area contributed by atoms with Crippen LogP contribution in [-0.4, -0.2) is 36.3 Å². The summed E-state index contributed by atoms with van der Waals surface area (Å²) in [7, 11) is 0. The van der Waals surface area contributed by atoms with Crippen molar-refractivity contribution in [3.8, 4) is 0 Å². The smallest absolute Gasteiger partial charge is 0.347 e. The minimum absolute atomic E-state index is 0.00428. The number of carbonyl (C=O) groups is 2. The molecule has 1 atom stereocenters. The molecule has 4 nitrogen and oxygen atoms in total. The molecule has 1 aliphatic heterocycles. The number of rotatable bonds is 5. The Kier molecular flexibility index (Phi) is 6.45. The van der Waals surface area contributed by atoms with Crippen molar-refractivity contribution in [1.29, 1.82) is 0 Å². The van der Waals surface area contributed by atoms with Crippen LogP contribution in [0.15, 0.2) is 24.3 Å². The SMILES string of the molecule is CC(=O)NCC(=O)N1CCCC(CCc2cccc(C(F)(F)F)c2)C1. The Morgan fingerprint density at radius 1 is 1.32 bits per heavy atom. The van der Waals surface area contributed by atoms with Gasteiger partial charge in [0.1, 0.15) is 0 Å². The predicted octanol–water partition coefficient (Wildman–Crippen LogP) is 3.01. The van der Waals surface area contributed by atoms with Crippen molar-refractivity contribution < 1.29 is 22.8 Å². The average molecular weight is 356 g/mol. The molecule has 1 heterocycles. The van der Waals surface area contributed by atoms with E-state index in [-0.39, 0.29) is 24.3 Å². The quantitative estimate of drug-likeness (QED) is 0.882. The molecule has 1 aromatic rings. The minimum atomic E-state index is -4.33. The number of amides is 2. The summed E-state index contributed by atoms with van der Waals surface area (Å²) in [5.74, 6) is -0.0880. The maximum atomic E-state index is 12.8. The van der Waals surface area contributed by atoms with Crippen molar-refractivity contribution >= 4 is 11.8 Å². The highest BCUT2D eigenvalue weighted by Gasteiger charge is 2.30. The Hall–Kier alpha value is -2.05. The largest absolute Gasteiger partial charge is 0.416 e. The summed E-state index contributed by atoms with van der Waals surface area (Å²) in [6.07, 6.45) is -1.19. The van der Waals surface area contributed by atoms with Gasteiger partial charge in [-0.15, -0.1) is 0 Å². The van der Waals surface area contributed by atoms with Crippen LogP contribution < -0.4 is 5.32 Å². The Morgan fingerprint density at radius 3 is 2.76 bits per heavy atom. The first kappa shape index (κ1) is 19.3. The predicted molar refractivity (Wildman–Crippen MR) is 87.8 cm³/mol. The van der Waals surface area contributed by atoms with E-state index < -0.39 is 11.7 Å². The molecule has 0 aromatic heterocycles. The second-order valence-corrected chi connectivity index (χ2v) is 6.49. The van der Waals surface area contributed by atoms with Gasteiger partial charge in [0, 0.05) is 20.0 Å². The van der Waals surface area contributed by atoms with Crippen LogP contribution in [0.2, 0.25) is 0 Å². The first-order valence-corrected chi connectivity index (χ1v) is 8.44. The van der Waals surface area contributed by atoms with E-state index in [1.165, 1.54) is 19.1 Å². The van der Waals surface area contributed by atoms with Crippen LogP contribution in [0.25, 0.3) is 0 Å². The molecule has 7 heteroatoms. The zero-order valence-corrected chi connectivity index (χ0v) is 14.2.